The molecule has 0 bridgehead atoms. The minimum Gasteiger partial charge on any atom is -0.382 e. The summed E-state index contributed by atoms with van der Waals surface area (Å²) in [5.41, 5.74) is 5.43. The van der Waals surface area contributed by atoms with Gasteiger partial charge in [0, 0.05) is 6.20 Å². The molecule has 0 atom stereocenters. The van der Waals surface area contributed by atoms with E-state index in [1.54, 1.807) is 22.9 Å². The second-order valence-electron chi connectivity index (χ2n) is 2.12. The number of aromatic nitrogens is 3. The Bertz CT molecular complexity index is 394. The Kier molecular flexibility index (Phi) is 1.22. The van der Waals surface area contributed by atoms with E-state index in [0.717, 1.165) is 0 Å². The van der Waals surface area contributed by atoms with Gasteiger partial charge in [-0.3, -0.25) is 4.40 Å². The van der Waals surface area contributed by atoms with Crippen LogP contribution >= 0.6 is 11.6 Å². The second kappa shape index (κ2) is 2.10. The van der Waals surface area contributed by atoms with Gasteiger partial charge in [0.1, 0.15) is 11.0 Å². The van der Waals surface area contributed by atoms with Gasteiger partial charge in [0.25, 0.3) is 0 Å². The summed E-state index contributed by atoms with van der Waals surface area (Å²) in [6.07, 6.45) is 3.44. The van der Waals surface area contributed by atoms with Crippen LogP contribution in [-0.2, 0) is 0 Å². The summed E-state index contributed by atoms with van der Waals surface area (Å²) in [6.45, 7) is 0. The highest BCUT2D eigenvalue weighted by Gasteiger charge is 1.98. The molecule has 2 aromatic rings. The number of anilines is 1. The monoisotopic (exact) mass is 168 g/mol. The van der Waals surface area contributed by atoms with Crippen LogP contribution in [0, 0.1) is 0 Å². The van der Waals surface area contributed by atoms with E-state index in [0.29, 0.717) is 16.7 Å². The zero-order chi connectivity index (χ0) is 7.84. The Morgan fingerprint density at radius 2 is 2.27 bits per heavy atom. The van der Waals surface area contributed by atoms with Crippen LogP contribution in [-0.4, -0.2) is 14.4 Å². The largest absolute Gasteiger partial charge is 0.382 e. The number of fused-ring (bicyclic) bond motifs is 1. The molecule has 2 rings (SSSR count). The Balaban J connectivity index is 2.82. The lowest BCUT2D eigenvalue weighted by Gasteiger charge is -1.89. The summed E-state index contributed by atoms with van der Waals surface area (Å²) in [6, 6.07) is 1.68. The Labute approximate surface area is 67.6 Å². The molecular weight excluding hydrogens is 164 g/mol. The van der Waals surface area contributed by atoms with Gasteiger partial charge in [-0.1, -0.05) is 11.6 Å². The maximum Gasteiger partial charge on any atom is 0.237 e. The number of nitrogens with two attached hydrogens (primary N) is 1. The summed E-state index contributed by atoms with van der Waals surface area (Å²) in [7, 11) is 0. The first-order valence-electron chi connectivity index (χ1n) is 3.02. The normalized spacial score (nSPS) is 10.6. The van der Waals surface area contributed by atoms with Crippen molar-refractivity contribution in [1.82, 2.24) is 14.4 Å². The molecule has 0 fully saturated rings. The van der Waals surface area contributed by atoms with Gasteiger partial charge in [-0.15, -0.1) is 0 Å². The molecule has 0 aromatic carbocycles. The maximum atomic E-state index is 5.62. The van der Waals surface area contributed by atoms with Crippen molar-refractivity contribution in [3.63, 3.8) is 0 Å². The van der Waals surface area contributed by atoms with Crippen LogP contribution in [0.4, 0.5) is 5.82 Å². The number of rotatable bonds is 0. The fourth-order valence-corrected chi connectivity index (χ4v) is 1.00. The fraction of sp³-hybridized carbons (Fsp3) is 0. The zero-order valence-corrected chi connectivity index (χ0v) is 6.28. The van der Waals surface area contributed by atoms with Crippen LogP contribution in [0.25, 0.3) is 5.78 Å². The van der Waals surface area contributed by atoms with Gasteiger partial charge in [-0.2, -0.15) is 4.98 Å². The molecule has 0 aliphatic rings. The third kappa shape index (κ3) is 1.01. The topological polar surface area (TPSA) is 56.2 Å². The highest BCUT2D eigenvalue weighted by atomic mass is 35.5. The number of hydrogen-bond acceptors (Lipinski definition) is 3. The van der Waals surface area contributed by atoms with E-state index in [1.165, 1.54) is 0 Å². The molecule has 0 saturated carbocycles. The van der Waals surface area contributed by atoms with E-state index in [9.17, 15) is 0 Å². The van der Waals surface area contributed by atoms with Gasteiger partial charge in [0.2, 0.25) is 5.78 Å². The molecule has 5 heteroatoms. The van der Waals surface area contributed by atoms with Crippen LogP contribution in [0.5, 0.6) is 0 Å². The van der Waals surface area contributed by atoms with Gasteiger partial charge in [-0.05, 0) is 6.07 Å². The van der Waals surface area contributed by atoms with Crippen molar-refractivity contribution in [1.29, 1.82) is 0 Å². The van der Waals surface area contributed by atoms with E-state index in [1.807, 2.05) is 0 Å². The molecular formula is C6H5ClN4. The summed E-state index contributed by atoms with van der Waals surface area (Å²) in [4.78, 5) is 7.85. The first-order chi connectivity index (χ1) is 5.25. The number of hydrogen-bond donors (Lipinski definition) is 1. The number of nitrogens with zero attached hydrogens (tertiary/aromatic N) is 3. The van der Waals surface area contributed by atoms with Crippen LogP contribution in [0.15, 0.2) is 18.5 Å². The SMILES string of the molecule is Nc1cn2ccc(Cl)nc2n1. The van der Waals surface area contributed by atoms with Crippen LogP contribution < -0.4 is 5.73 Å². The van der Waals surface area contributed by atoms with E-state index >= 15 is 0 Å². The summed E-state index contributed by atoms with van der Waals surface area (Å²) in [5, 5.41) is 0.420. The molecule has 0 saturated heterocycles. The van der Waals surface area contributed by atoms with Crippen molar-refractivity contribution in [2.75, 3.05) is 5.73 Å². The lowest BCUT2D eigenvalue weighted by molar-refractivity contribution is 1.11. The van der Waals surface area contributed by atoms with Gasteiger partial charge in [0.05, 0.1) is 6.20 Å². The molecule has 0 spiro atoms. The van der Waals surface area contributed by atoms with E-state index in [4.69, 9.17) is 17.3 Å². The fourth-order valence-electron chi connectivity index (χ4n) is 0.869. The molecule has 0 aliphatic carbocycles. The first kappa shape index (κ1) is 6.42. The Morgan fingerprint density at radius 1 is 1.45 bits per heavy atom. The molecule has 56 valence electrons. The third-order valence-corrected chi connectivity index (χ3v) is 1.52. The average molecular weight is 169 g/mol. The van der Waals surface area contributed by atoms with E-state index < -0.39 is 0 Å². The molecule has 0 radical (unpaired) electrons. The summed E-state index contributed by atoms with van der Waals surface area (Å²) >= 11 is 5.62. The molecule has 0 amide bonds. The second-order valence-corrected chi connectivity index (χ2v) is 2.51. The Hall–Kier alpha value is -1.29. The lowest BCUT2D eigenvalue weighted by atomic mass is 10.7. The molecule has 0 unspecified atom stereocenters. The first-order valence-corrected chi connectivity index (χ1v) is 3.40. The van der Waals surface area contributed by atoms with Crippen LogP contribution in [0.1, 0.15) is 0 Å². The van der Waals surface area contributed by atoms with Crippen LogP contribution in [0.2, 0.25) is 5.15 Å². The van der Waals surface area contributed by atoms with Crippen molar-refractivity contribution in [2.45, 2.75) is 0 Å². The minimum absolute atomic E-state index is 0.420. The lowest BCUT2D eigenvalue weighted by Crippen LogP contribution is -1.85. The van der Waals surface area contributed by atoms with E-state index in [-0.39, 0.29) is 0 Å². The minimum atomic E-state index is 0.420. The zero-order valence-electron chi connectivity index (χ0n) is 5.53. The van der Waals surface area contributed by atoms with Crippen molar-refractivity contribution in [3.05, 3.63) is 23.6 Å². The molecule has 11 heavy (non-hydrogen) atoms. The predicted octanol–water partition coefficient (Wildman–Crippen LogP) is 0.965. The van der Waals surface area contributed by atoms with E-state index in [2.05, 4.69) is 9.97 Å². The summed E-state index contributed by atoms with van der Waals surface area (Å²) < 4.78 is 1.71. The quantitative estimate of drug-likeness (QED) is 0.597. The number of nitrogen functional groups attached to an aromatic ring is 1. The van der Waals surface area contributed by atoms with Gasteiger partial charge in [0.15, 0.2) is 0 Å². The molecule has 0 aliphatic heterocycles. The number of halogens is 1. The smallest absolute Gasteiger partial charge is 0.237 e. The van der Waals surface area contributed by atoms with Crippen molar-refractivity contribution in [2.24, 2.45) is 0 Å². The highest BCUT2D eigenvalue weighted by molar-refractivity contribution is 6.29. The van der Waals surface area contributed by atoms with Crippen molar-refractivity contribution in [3.8, 4) is 0 Å². The molecule has 2 aromatic heterocycles. The average Bonchev–Trinajstić information content (AvgIpc) is 2.27. The molecule has 2 N–H and O–H groups in total. The van der Waals surface area contributed by atoms with Crippen molar-refractivity contribution >= 4 is 23.2 Å². The standard InChI is InChI=1S/C6H5ClN4/c7-4-1-2-11-3-5(8)10-6(11)9-4/h1-3H,8H2. The van der Waals surface area contributed by atoms with Crippen LogP contribution in [0.3, 0.4) is 0 Å². The Morgan fingerprint density at radius 3 is 3.09 bits per heavy atom. The highest BCUT2D eigenvalue weighted by Crippen LogP contribution is 2.07. The van der Waals surface area contributed by atoms with Gasteiger partial charge in [-0.25, -0.2) is 4.98 Å². The predicted molar refractivity (Wildman–Crippen MR) is 42.4 cm³/mol. The molecule has 4 nitrogen and oxygen atoms in total. The summed E-state index contributed by atoms with van der Waals surface area (Å²) in [5.74, 6) is 0.967. The number of imidazole rings is 1. The molecule has 2 heterocycles. The van der Waals surface area contributed by atoms with Gasteiger partial charge < -0.3 is 5.73 Å². The van der Waals surface area contributed by atoms with Crippen molar-refractivity contribution < 1.29 is 0 Å². The van der Waals surface area contributed by atoms with Gasteiger partial charge >= 0.3 is 0 Å². The third-order valence-electron chi connectivity index (χ3n) is 1.31. The maximum absolute atomic E-state index is 5.62.